The van der Waals surface area contributed by atoms with Crippen LogP contribution in [0, 0.1) is 0 Å². The molecule has 1 aromatic carbocycles. The van der Waals surface area contributed by atoms with Gasteiger partial charge in [0.05, 0.1) is 0 Å². The second-order valence-corrected chi connectivity index (χ2v) is 7.85. The fraction of sp³-hybridized carbons (Fsp3) is 0.318. The molecule has 4 rings (SSSR count). The molecule has 8 nitrogen and oxygen atoms in total. The SMILES string of the molecule is Nc1nccnc1C(=O)NCC1(c2ccccc2)CCN(c2nccc(C(F)(F)F)n2)CC1. The van der Waals surface area contributed by atoms with Crippen molar-refractivity contribution >= 4 is 17.7 Å². The summed E-state index contributed by atoms with van der Waals surface area (Å²) in [5.74, 6) is -0.345. The summed E-state index contributed by atoms with van der Waals surface area (Å²) in [5, 5.41) is 2.91. The van der Waals surface area contributed by atoms with E-state index in [1.54, 1.807) is 4.90 Å². The van der Waals surface area contributed by atoms with Gasteiger partial charge in [0.15, 0.2) is 11.5 Å². The lowest BCUT2D eigenvalue weighted by molar-refractivity contribution is -0.141. The van der Waals surface area contributed by atoms with Crippen LogP contribution in [0.2, 0.25) is 0 Å². The van der Waals surface area contributed by atoms with E-state index in [0.717, 1.165) is 17.8 Å². The van der Waals surface area contributed by atoms with Gasteiger partial charge in [-0.3, -0.25) is 4.79 Å². The molecule has 0 spiro atoms. The van der Waals surface area contributed by atoms with E-state index in [0.29, 0.717) is 32.5 Å². The van der Waals surface area contributed by atoms with Gasteiger partial charge in [0.1, 0.15) is 5.69 Å². The van der Waals surface area contributed by atoms with Crippen molar-refractivity contribution in [2.75, 3.05) is 30.3 Å². The van der Waals surface area contributed by atoms with Gasteiger partial charge in [-0.1, -0.05) is 30.3 Å². The van der Waals surface area contributed by atoms with Crippen LogP contribution in [-0.4, -0.2) is 45.5 Å². The maximum atomic E-state index is 13.1. The topological polar surface area (TPSA) is 110 Å². The predicted molar refractivity (Wildman–Crippen MR) is 115 cm³/mol. The average molecular weight is 457 g/mol. The number of rotatable bonds is 5. The van der Waals surface area contributed by atoms with Gasteiger partial charge < -0.3 is 16.0 Å². The van der Waals surface area contributed by atoms with Crippen LogP contribution < -0.4 is 16.0 Å². The van der Waals surface area contributed by atoms with Crippen LogP contribution >= 0.6 is 0 Å². The number of alkyl halides is 3. The molecule has 1 amide bonds. The molecule has 2 aromatic heterocycles. The first-order chi connectivity index (χ1) is 15.8. The number of nitrogens with one attached hydrogen (secondary N) is 1. The Labute approximate surface area is 188 Å². The van der Waals surface area contributed by atoms with Crippen molar-refractivity contribution in [2.24, 2.45) is 0 Å². The fourth-order valence-electron chi connectivity index (χ4n) is 4.01. The minimum absolute atomic E-state index is 0.0419. The highest BCUT2D eigenvalue weighted by molar-refractivity contribution is 5.96. The minimum Gasteiger partial charge on any atom is -0.382 e. The van der Waals surface area contributed by atoms with Crippen LogP contribution in [0.1, 0.15) is 34.6 Å². The smallest absolute Gasteiger partial charge is 0.382 e. The summed E-state index contributed by atoms with van der Waals surface area (Å²) in [6, 6.07) is 10.6. The van der Waals surface area contributed by atoms with Crippen LogP contribution in [0.5, 0.6) is 0 Å². The quantitative estimate of drug-likeness (QED) is 0.606. The number of aromatic nitrogens is 4. The van der Waals surface area contributed by atoms with E-state index in [4.69, 9.17) is 5.73 Å². The third kappa shape index (κ3) is 4.86. The zero-order chi connectivity index (χ0) is 23.5. The number of hydrogen-bond acceptors (Lipinski definition) is 7. The number of nitrogens with two attached hydrogens (primary N) is 1. The van der Waals surface area contributed by atoms with Gasteiger partial charge in [-0.25, -0.2) is 19.9 Å². The molecule has 0 atom stereocenters. The van der Waals surface area contributed by atoms with Gasteiger partial charge in [0.25, 0.3) is 5.91 Å². The maximum absolute atomic E-state index is 13.1. The number of benzene rings is 1. The van der Waals surface area contributed by atoms with E-state index >= 15 is 0 Å². The first-order valence-corrected chi connectivity index (χ1v) is 10.3. The summed E-state index contributed by atoms with van der Waals surface area (Å²) in [5.41, 5.74) is 5.45. The van der Waals surface area contributed by atoms with E-state index in [9.17, 15) is 18.0 Å². The van der Waals surface area contributed by atoms with Crippen LogP contribution in [0.25, 0.3) is 0 Å². The molecule has 3 heterocycles. The third-order valence-corrected chi connectivity index (χ3v) is 5.85. The van der Waals surface area contributed by atoms with Gasteiger partial charge in [-0.2, -0.15) is 13.2 Å². The fourth-order valence-corrected chi connectivity index (χ4v) is 4.01. The highest BCUT2D eigenvalue weighted by Gasteiger charge is 2.38. The van der Waals surface area contributed by atoms with E-state index in [1.807, 2.05) is 30.3 Å². The zero-order valence-electron chi connectivity index (χ0n) is 17.6. The van der Waals surface area contributed by atoms with Crippen molar-refractivity contribution in [1.82, 2.24) is 25.3 Å². The number of anilines is 2. The summed E-state index contributed by atoms with van der Waals surface area (Å²) in [7, 11) is 0. The average Bonchev–Trinajstić information content (AvgIpc) is 2.83. The zero-order valence-corrected chi connectivity index (χ0v) is 17.6. The molecule has 1 aliphatic rings. The largest absolute Gasteiger partial charge is 0.433 e. The number of carbonyl (C=O) groups is 1. The highest BCUT2D eigenvalue weighted by atomic mass is 19.4. The molecule has 0 saturated carbocycles. The lowest BCUT2D eigenvalue weighted by Gasteiger charge is -2.42. The molecule has 1 saturated heterocycles. The van der Waals surface area contributed by atoms with Crippen LogP contribution in [0.3, 0.4) is 0 Å². The molecular weight excluding hydrogens is 435 g/mol. The Hall–Kier alpha value is -3.76. The molecule has 172 valence electrons. The number of amides is 1. The third-order valence-electron chi connectivity index (χ3n) is 5.85. The predicted octanol–water partition coefficient (Wildman–Crippen LogP) is 2.84. The summed E-state index contributed by atoms with van der Waals surface area (Å²) in [6.45, 7) is 1.17. The van der Waals surface area contributed by atoms with E-state index in [-0.39, 0.29) is 17.5 Å². The lowest BCUT2D eigenvalue weighted by Crippen LogP contribution is -2.49. The lowest BCUT2D eigenvalue weighted by atomic mass is 9.72. The Morgan fingerprint density at radius 2 is 1.73 bits per heavy atom. The van der Waals surface area contributed by atoms with Crippen molar-refractivity contribution in [1.29, 1.82) is 0 Å². The standard InChI is InChI=1S/C22H22F3N7O/c23-22(24,25)16-6-9-29-20(31-16)32-12-7-21(8-13-32,15-4-2-1-3-5-15)14-30-19(33)17-18(26)28-11-10-27-17/h1-6,9-11H,7-8,12-14H2,(H2,26,28)(H,30,33). The van der Waals surface area contributed by atoms with Gasteiger partial charge in [-0.05, 0) is 24.5 Å². The Balaban J connectivity index is 1.53. The second kappa shape index (κ2) is 9.00. The molecule has 0 radical (unpaired) electrons. The number of nitrogens with zero attached hydrogens (tertiary/aromatic N) is 5. The van der Waals surface area contributed by atoms with Crippen molar-refractivity contribution < 1.29 is 18.0 Å². The van der Waals surface area contributed by atoms with E-state index in [1.165, 1.54) is 12.4 Å². The minimum atomic E-state index is -4.53. The van der Waals surface area contributed by atoms with Crippen molar-refractivity contribution in [2.45, 2.75) is 24.4 Å². The van der Waals surface area contributed by atoms with E-state index < -0.39 is 23.2 Å². The van der Waals surface area contributed by atoms with Gasteiger partial charge in [-0.15, -0.1) is 0 Å². The van der Waals surface area contributed by atoms with Crippen molar-refractivity contribution in [3.8, 4) is 0 Å². The molecule has 33 heavy (non-hydrogen) atoms. The molecular formula is C22H22F3N7O. The summed E-state index contributed by atoms with van der Waals surface area (Å²) in [4.78, 5) is 30.0. The highest BCUT2D eigenvalue weighted by Crippen LogP contribution is 2.36. The molecule has 3 N–H and O–H groups in total. The Morgan fingerprint density at radius 1 is 1.03 bits per heavy atom. The van der Waals surface area contributed by atoms with Gasteiger partial charge in [0, 0.05) is 43.6 Å². The molecule has 1 aliphatic heterocycles. The van der Waals surface area contributed by atoms with Crippen LogP contribution in [-0.2, 0) is 11.6 Å². The number of carbonyl (C=O) groups excluding carboxylic acids is 1. The number of piperidine rings is 1. The Kier molecular flexibility index (Phi) is 6.12. The molecule has 0 aliphatic carbocycles. The molecule has 0 bridgehead atoms. The molecule has 3 aromatic rings. The van der Waals surface area contributed by atoms with E-state index in [2.05, 4.69) is 25.3 Å². The second-order valence-electron chi connectivity index (χ2n) is 7.85. The van der Waals surface area contributed by atoms with Crippen molar-refractivity contribution in [3.63, 3.8) is 0 Å². The molecule has 1 fully saturated rings. The Morgan fingerprint density at radius 3 is 2.39 bits per heavy atom. The number of hydrogen-bond donors (Lipinski definition) is 2. The number of halogens is 3. The van der Waals surface area contributed by atoms with Gasteiger partial charge in [0.2, 0.25) is 5.95 Å². The van der Waals surface area contributed by atoms with Crippen LogP contribution in [0.4, 0.5) is 24.9 Å². The first-order valence-electron chi connectivity index (χ1n) is 10.3. The summed E-state index contributed by atoms with van der Waals surface area (Å²) >= 11 is 0. The van der Waals surface area contributed by atoms with Crippen molar-refractivity contribution in [3.05, 3.63) is 71.9 Å². The summed E-state index contributed by atoms with van der Waals surface area (Å²) in [6.07, 6.45) is 0.540. The first kappa shape index (κ1) is 22.4. The summed E-state index contributed by atoms with van der Waals surface area (Å²) < 4.78 is 39.2. The van der Waals surface area contributed by atoms with Gasteiger partial charge >= 0.3 is 6.18 Å². The maximum Gasteiger partial charge on any atom is 0.433 e. The molecule has 11 heteroatoms. The number of nitrogen functional groups attached to an aromatic ring is 1. The monoisotopic (exact) mass is 457 g/mol. The normalized spacial score (nSPS) is 15.8. The Bertz CT molecular complexity index is 1120. The molecule has 0 unspecified atom stereocenters. The van der Waals surface area contributed by atoms with Crippen LogP contribution in [0.15, 0.2) is 55.0 Å².